The number of carbonyl (C=O) groups is 1. The summed E-state index contributed by atoms with van der Waals surface area (Å²) in [5.41, 5.74) is 2.94. The normalized spacial score (nSPS) is 21.4. The number of nitrogens with zero attached hydrogens (tertiary/aromatic N) is 4. The van der Waals surface area contributed by atoms with Crippen LogP contribution in [0.4, 0.5) is 11.4 Å². The molecule has 0 radical (unpaired) electrons. The number of piperazine rings is 1. The lowest BCUT2D eigenvalue weighted by Gasteiger charge is -2.35. The Labute approximate surface area is 134 Å². The number of likely N-dealkylation sites (N-methyl/N-ethyl adjacent to an activating group) is 1. The lowest BCUT2D eigenvalue weighted by atomic mass is 10.1. The van der Waals surface area contributed by atoms with Crippen LogP contribution in [-0.4, -0.2) is 61.4 Å². The van der Waals surface area contributed by atoms with Crippen LogP contribution >= 0.6 is 11.6 Å². The zero-order valence-corrected chi connectivity index (χ0v) is 13.2. The van der Waals surface area contributed by atoms with Crippen molar-refractivity contribution in [3.8, 4) is 0 Å². The third-order valence-corrected chi connectivity index (χ3v) is 4.92. The summed E-state index contributed by atoms with van der Waals surface area (Å²) < 4.78 is 0. The molecular formula is C15H18ClN5O. The van der Waals surface area contributed by atoms with Crippen LogP contribution in [0.3, 0.4) is 0 Å². The van der Waals surface area contributed by atoms with Gasteiger partial charge in [0.05, 0.1) is 22.9 Å². The van der Waals surface area contributed by atoms with E-state index < -0.39 is 0 Å². The van der Waals surface area contributed by atoms with E-state index in [9.17, 15) is 4.79 Å². The molecule has 22 heavy (non-hydrogen) atoms. The first-order chi connectivity index (χ1) is 10.6. The number of rotatable bonds is 1. The van der Waals surface area contributed by atoms with Crippen molar-refractivity contribution in [1.29, 1.82) is 0 Å². The summed E-state index contributed by atoms with van der Waals surface area (Å²) in [4.78, 5) is 22.6. The zero-order valence-electron chi connectivity index (χ0n) is 12.5. The molecule has 0 bridgehead atoms. The fraction of sp³-hybridized carbons (Fsp3) is 0.467. The highest BCUT2D eigenvalue weighted by atomic mass is 35.5. The highest BCUT2D eigenvalue weighted by Crippen LogP contribution is 2.39. The van der Waals surface area contributed by atoms with Gasteiger partial charge in [0.2, 0.25) is 11.9 Å². The standard InChI is InChI=1S/C15H18ClN5O/c1-19-4-6-20(7-5-19)12-3-2-11-10(14(12)16)8-21-9-13(22)18-15(21)17-11/h2-3H,4-9H2,1H3,(H,17,18,22). The van der Waals surface area contributed by atoms with Crippen LogP contribution in [0.2, 0.25) is 5.02 Å². The summed E-state index contributed by atoms with van der Waals surface area (Å²) >= 11 is 6.67. The second-order valence-electron chi connectivity index (χ2n) is 6.03. The van der Waals surface area contributed by atoms with Crippen molar-refractivity contribution in [3.05, 3.63) is 22.7 Å². The maximum Gasteiger partial charge on any atom is 0.246 e. The Morgan fingerprint density at radius 1 is 1.14 bits per heavy atom. The number of carbonyl (C=O) groups excluding carboxylic acids is 1. The van der Waals surface area contributed by atoms with E-state index in [4.69, 9.17) is 11.6 Å². The molecule has 7 heteroatoms. The van der Waals surface area contributed by atoms with Gasteiger partial charge in [-0.25, -0.2) is 4.99 Å². The number of amides is 1. The van der Waals surface area contributed by atoms with Crippen molar-refractivity contribution in [2.24, 2.45) is 4.99 Å². The summed E-state index contributed by atoms with van der Waals surface area (Å²) in [6.07, 6.45) is 0. The third-order valence-electron chi connectivity index (χ3n) is 4.50. The quantitative estimate of drug-likeness (QED) is 0.840. The van der Waals surface area contributed by atoms with Crippen molar-refractivity contribution in [2.45, 2.75) is 6.54 Å². The van der Waals surface area contributed by atoms with E-state index in [-0.39, 0.29) is 5.91 Å². The van der Waals surface area contributed by atoms with Crippen LogP contribution in [0.1, 0.15) is 5.56 Å². The molecule has 1 amide bonds. The average molecular weight is 320 g/mol. The van der Waals surface area contributed by atoms with Crippen LogP contribution in [0, 0.1) is 0 Å². The summed E-state index contributed by atoms with van der Waals surface area (Å²) in [7, 11) is 2.14. The minimum Gasteiger partial charge on any atom is -0.368 e. The van der Waals surface area contributed by atoms with Crippen LogP contribution in [0.25, 0.3) is 0 Å². The molecule has 0 aliphatic carbocycles. The average Bonchev–Trinajstić information content (AvgIpc) is 2.86. The molecule has 3 aliphatic heterocycles. The molecule has 6 nitrogen and oxygen atoms in total. The van der Waals surface area contributed by atoms with Gasteiger partial charge in [0, 0.05) is 31.7 Å². The fourth-order valence-electron chi connectivity index (χ4n) is 3.17. The summed E-state index contributed by atoms with van der Waals surface area (Å²) in [5.74, 6) is 0.628. The molecule has 4 rings (SSSR count). The van der Waals surface area contributed by atoms with E-state index in [1.54, 1.807) is 0 Å². The van der Waals surface area contributed by atoms with Gasteiger partial charge in [-0.1, -0.05) is 11.6 Å². The second kappa shape index (κ2) is 5.14. The number of anilines is 1. The lowest BCUT2D eigenvalue weighted by molar-refractivity contribution is -0.118. The van der Waals surface area contributed by atoms with E-state index in [2.05, 4.69) is 27.2 Å². The molecule has 1 N–H and O–H groups in total. The number of nitrogens with one attached hydrogen (secondary N) is 1. The van der Waals surface area contributed by atoms with Crippen molar-refractivity contribution in [1.82, 2.24) is 15.1 Å². The monoisotopic (exact) mass is 319 g/mol. The minimum absolute atomic E-state index is 0.0121. The van der Waals surface area contributed by atoms with E-state index in [0.717, 1.165) is 48.1 Å². The molecule has 1 aromatic rings. The third kappa shape index (κ3) is 2.23. The Hall–Kier alpha value is -1.79. The minimum atomic E-state index is -0.0121. The van der Waals surface area contributed by atoms with E-state index >= 15 is 0 Å². The largest absolute Gasteiger partial charge is 0.368 e. The van der Waals surface area contributed by atoms with Crippen molar-refractivity contribution < 1.29 is 4.79 Å². The Kier molecular flexibility index (Phi) is 3.23. The first-order valence-electron chi connectivity index (χ1n) is 7.50. The predicted molar refractivity (Wildman–Crippen MR) is 86.8 cm³/mol. The summed E-state index contributed by atoms with van der Waals surface area (Å²) in [6.45, 7) is 5.03. The second-order valence-corrected chi connectivity index (χ2v) is 6.40. The van der Waals surface area contributed by atoms with E-state index in [1.165, 1.54) is 0 Å². The van der Waals surface area contributed by atoms with Crippen LogP contribution < -0.4 is 10.2 Å². The number of benzene rings is 1. The number of hydrogen-bond acceptors (Lipinski definition) is 5. The number of fused-ring (bicyclic) bond motifs is 2. The maximum atomic E-state index is 11.5. The molecule has 116 valence electrons. The zero-order chi connectivity index (χ0) is 15.3. The van der Waals surface area contributed by atoms with E-state index in [0.29, 0.717) is 19.0 Å². The topological polar surface area (TPSA) is 51.2 Å². The number of guanidine groups is 1. The molecule has 3 aliphatic rings. The lowest BCUT2D eigenvalue weighted by Crippen LogP contribution is -2.44. The van der Waals surface area contributed by atoms with Crippen LogP contribution in [-0.2, 0) is 11.3 Å². The number of aliphatic imine (C=N–C) groups is 1. The molecule has 0 atom stereocenters. The summed E-state index contributed by atoms with van der Waals surface area (Å²) in [6, 6.07) is 4.05. The van der Waals surface area contributed by atoms with Gasteiger partial charge in [-0.3, -0.25) is 10.1 Å². The van der Waals surface area contributed by atoms with Crippen molar-refractivity contribution >= 4 is 34.8 Å². The van der Waals surface area contributed by atoms with E-state index in [1.807, 2.05) is 17.0 Å². The van der Waals surface area contributed by atoms with Crippen molar-refractivity contribution in [3.63, 3.8) is 0 Å². The SMILES string of the molecule is CN1CCN(c2ccc3c(c2Cl)CN2CC(=O)NC2=N3)CC1. The molecule has 2 fully saturated rings. The highest BCUT2D eigenvalue weighted by molar-refractivity contribution is 6.34. The smallest absolute Gasteiger partial charge is 0.246 e. The van der Waals surface area contributed by atoms with Gasteiger partial charge in [0.1, 0.15) is 6.54 Å². The Balaban J connectivity index is 1.66. The maximum absolute atomic E-state index is 11.5. The van der Waals surface area contributed by atoms with Crippen LogP contribution in [0.15, 0.2) is 17.1 Å². The first-order valence-corrected chi connectivity index (χ1v) is 7.88. The van der Waals surface area contributed by atoms with Gasteiger partial charge in [-0.05, 0) is 19.2 Å². The molecule has 0 aromatic heterocycles. The van der Waals surface area contributed by atoms with Gasteiger partial charge in [0.15, 0.2) is 0 Å². The van der Waals surface area contributed by atoms with Gasteiger partial charge in [-0.15, -0.1) is 0 Å². The van der Waals surface area contributed by atoms with Gasteiger partial charge >= 0.3 is 0 Å². The van der Waals surface area contributed by atoms with Gasteiger partial charge in [-0.2, -0.15) is 0 Å². The molecule has 0 saturated carbocycles. The Morgan fingerprint density at radius 2 is 1.91 bits per heavy atom. The Bertz CT molecular complexity index is 666. The highest BCUT2D eigenvalue weighted by Gasteiger charge is 2.31. The molecule has 0 unspecified atom stereocenters. The first kappa shape index (κ1) is 13.8. The molecule has 2 saturated heterocycles. The number of halogens is 1. The molecule has 0 spiro atoms. The van der Waals surface area contributed by atoms with Crippen LogP contribution in [0.5, 0.6) is 0 Å². The van der Waals surface area contributed by atoms with Crippen molar-refractivity contribution in [2.75, 3.05) is 44.7 Å². The number of hydrogen-bond donors (Lipinski definition) is 1. The van der Waals surface area contributed by atoms with Gasteiger partial charge in [0.25, 0.3) is 0 Å². The van der Waals surface area contributed by atoms with Gasteiger partial charge < -0.3 is 14.7 Å². The summed E-state index contributed by atoms with van der Waals surface area (Å²) in [5, 5.41) is 3.54. The fourth-order valence-corrected chi connectivity index (χ4v) is 3.51. The Morgan fingerprint density at radius 3 is 2.68 bits per heavy atom. The molecule has 3 heterocycles. The molecular weight excluding hydrogens is 302 g/mol. The predicted octanol–water partition coefficient (Wildman–Crippen LogP) is 1.02. The molecule has 1 aromatic carbocycles.